The van der Waals surface area contributed by atoms with Crippen molar-refractivity contribution in [2.75, 3.05) is 0 Å². The van der Waals surface area contributed by atoms with Crippen LogP contribution in [0.3, 0.4) is 0 Å². The van der Waals surface area contributed by atoms with Gasteiger partial charge in [0.15, 0.2) is 0 Å². The first-order valence-electron chi connectivity index (χ1n) is 6.50. The van der Waals surface area contributed by atoms with Gasteiger partial charge in [-0.3, -0.25) is 4.79 Å². The second-order valence-electron chi connectivity index (χ2n) is 5.60. The third-order valence-electron chi connectivity index (χ3n) is 4.09. The fourth-order valence-corrected chi connectivity index (χ4v) is 3.58. The number of hydrogen-bond acceptors (Lipinski definition) is 2. The van der Waals surface area contributed by atoms with Gasteiger partial charge in [-0.2, -0.15) is 5.10 Å². The summed E-state index contributed by atoms with van der Waals surface area (Å²) in [6.45, 7) is 8.38. The molecule has 2 rings (SSSR count). The molecule has 0 bridgehead atoms. The van der Waals surface area contributed by atoms with Crippen LogP contribution < -0.4 is 0 Å². The van der Waals surface area contributed by atoms with Crippen molar-refractivity contribution in [3.8, 4) is 0 Å². The Morgan fingerprint density at radius 1 is 1.47 bits per heavy atom. The zero-order valence-corrected chi connectivity index (χ0v) is 11.2. The molecule has 0 saturated carbocycles. The molecular weight excluding hydrogens is 212 g/mol. The summed E-state index contributed by atoms with van der Waals surface area (Å²) in [6, 6.07) is 0.266. The van der Waals surface area contributed by atoms with E-state index in [4.69, 9.17) is 0 Å². The van der Waals surface area contributed by atoms with E-state index in [1.165, 1.54) is 5.57 Å². The minimum Gasteiger partial charge on any atom is -0.273 e. The molecule has 0 fully saturated rings. The fraction of sp³-hybridized carbons (Fsp3) is 0.714. The van der Waals surface area contributed by atoms with Crippen molar-refractivity contribution in [2.45, 2.75) is 46.6 Å². The van der Waals surface area contributed by atoms with Crippen LogP contribution in [-0.4, -0.2) is 23.2 Å². The van der Waals surface area contributed by atoms with E-state index < -0.39 is 0 Å². The number of carbonyl (C=O) groups excluding carboxylic acids is 1. The Labute approximate surface area is 104 Å². The number of hydrazone groups is 1. The van der Waals surface area contributed by atoms with Crippen LogP contribution in [0.1, 0.15) is 40.5 Å². The summed E-state index contributed by atoms with van der Waals surface area (Å²) >= 11 is 0. The number of allylic oxidation sites excluding steroid dienone is 2. The number of amides is 1. The van der Waals surface area contributed by atoms with E-state index in [9.17, 15) is 4.79 Å². The third-order valence-corrected chi connectivity index (χ3v) is 4.09. The highest BCUT2D eigenvalue weighted by molar-refractivity contribution is 5.77. The molecular formula is C14H22N2O. The molecule has 1 heterocycles. The summed E-state index contributed by atoms with van der Waals surface area (Å²) in [5, 5.41) is 5.90. The molecule has 0 saturated heterocycles. The van der Waals surface area contributed by atoms with E-state index in [-0.39, 0.29) is 11.9 Å². The fourth-order valence-electron chi connectivity index (χ4n) is 3.58. The maximum absolute atomic E-state index is 11.6. The zero-order chi connectivity index (χ0) is 12.6. The van der Waals surface area contributed by atoms with Crippen molar-refractivity contribution in [3.63, 3.8) is 0 Å². The van der Waals surface area contributed by atoms with E-state index in [0.717, 1.165) is 12.8 Å². The largest absolute Gasteiger partial charge is 0.273 e. The minimum absolute atomic E-state index is 0.0643. The van der Waals surface area contributed by atoms with Crippen LogP contribution in [0, 0.1) is 17.8 Å². The number of rotatable bonds is 1. The molecule has 0 aromatic carbocycles. The summed E-state index contributed by atoms with van der Waals surface area (Å²) < 4.78 is 0. The Bertz CT molecular complexity index is 372. The topological polar surface area (TPSA) is 32.7 Å². The Balaban J connectivity index is 2.20. The van der Waals surface area contributed by atoms with Crippen molar-refractivity contribution >= 4 is 12.1 Å². The lowest BCUT2D eigenvalue weighted by Gasteiger charge is -2.39. The number of nitrogens with zero attached hydrogens (tertiary/aromatic N) is 2. The van der Waals surface area contributed by atoms with Crippen LogP contribution in [0.15, 0.2) is 16.8 Å². The molecule has 0 N–H and O–H groups in total. The van der Waals surface area contributed by atoms with Gasteiger partial charge in [-0.25, -0.2) is 5.01 Å². The average Bonchev–Trinajstić information content (AvgIpc) is 2.64. The SMILES string of the molecule is CC(=O)N1N=CC[C@H]1[C@@H]1[C@H](C)CC(C)=C[C@@H]1C. The van der Waals surface area contributed by atoms with Crippen molar-refractivity contribution < 1.29 is 4.79 Å². The Morgan fingerprint density at radius 3 is 2.76 bits per heavy atom. The predicted molar refractivity (Wildman–Crippen MR) is 69.6 cm³/mol. The van der Waals surface area contributed by atoms with Gasteiger partial charge < -0.3 is 0 Å². The van der Waals surface area contributed by atoms with E-state index in [0.29, 0.717) is 17.8 Å². The van der Waals surface area contributed by atoms with Crippen LogP contribution in [0.2, 0.25) is 0 Å². The average molecular weight is 234 g/mol. The Morgan fingerprint density at radius 2 is 2.18 bits per heavy atom. The maximum atomic E-state index is 11.6. The summed E-state index contributed by atoms with van der Waals surface area (Å²) in [6.07, 6.45) is 6.31. The normalized spacial score (nSPS) is 37.2. The first-order valence-corrected chi connectivity index (χ1v) is 6.50. The molecule has 0 radical (unpaired) electrons. The van der Waals surface area contributed by atoms with Crippen molar-refractivity contribution in [3.05, 3.63) is 11.6 Å². The predicted octanol–water partition coefficient (Wildman–Crippen LogP) is 2.83. The molecule has 4 atom stereocenters. The van der Waals surface area contributed by atoms with Crippen LogP contribution in [0.4, 0.5) is 0 Å². The monoisotopic (exact) mass is 234 g/mol. The van der Waals surface area contributed by atoms with Gasteiger partial charge in [0, 0.05) is 19.6 Å². The molecule has 1 aliphatic heterocycles. The zero-order valence-electron chi connectivity index (χ0n) is 11.2. The molecule has 1 amide bonds. The maximum Gasteiger partial charge on any atom is 0.239 e. The van der Waals surface area contributed by atoms with E-state index >= 15 is 0 Å². The van der Waals surface area contributed by atoms with Crippen molar-refractivity contribution in [1.82, 2.24) is 5.01 Å². The van der Waals surface area contributed by atoms with Gasteiger partial charge in [-0.05, 0) is 31.1 Å². The third kappa shape index (κ3) is 2.28. The molecule has 3 nitrogen and oxygen atoms in total. The quantitative estimate of drug-likeness (QED) is 0.642. The van der Waals surface area contributed by atoms with Gasteiger partial charge in [0.05, 0.1) is 6.04 Å². The van der Waals surface area contributed by atoms with Crippen LogP contribution >= 0.6 is 0 Å². The molecule has 0 aromatic heterocycles. The lowest BCUT2D eigenvalue weighted by molar-refractivity contribution is -0.132. The molecule has 3 heteroatoms. The number of carbonyl (C=O) groups is 1. The van der Waals surface area contributed by atoms with Crippen LogP contribution in [0.25, 0.3) is 0 Å². The molecule has 17 heavy (non-hydrogen) atoms. The van der Waals surface area contributed by atoms with Gasteiger partial charge in [0.1, 0.15) is 0 Å². The highest BCUT2D eigenvalue weighted by Crippen LogP contribution is 2.39. The summed E-state index contributed by atoms with van der Waals surface area (Å²) in [5.74, 6) is 1.76. The Hall–Kier alpha value is -1.12. The summed E-state index contributed by atoms with van der Waals surface area (Å²) in [4.78, 5) is 11.6. The lowest BCUT2D eigenvalue weighted by Crippen LogP contribution is -2.43. The van der Waals surface area contributed by atoms with E-state index in [1.807, 2.05) is 6.21 Å². The van der Waals surface area contributed by atoms with Gasteiger partial charge in [-0.15, -0.1) is 0 Å². The van der Waals surface area contributed by atoms with E-state index in [2.05, 4.69) is 31.9 Å². The smallest absolute Gasteiger partial charge is 0.239 e. The highest BCUT2D eigenvalue weighted by Gasteiger charge is 2.39. The first kappa shape index (κ1) is 12.3. The Kier molecular flexibility index (Phi) is 3.36. The lowest BCUT2D eigenvalue weighted by atomic mass is 9.70. The molecule has 1 aliphatic carbocycles. The van der Waals surface area contributed by atoms with E-state index in [1.54, 1.807) is 11.9 Å². The van der Waals surface area contributed by atoms with Gasteiger partial charge in [-0.1, -0.05) is 25.5 Å². The van der Waals surface area contributed by atoms with Crippen molar-refractivity contribution in [2.24, 2.45) is 22.9 Å². The molecule has 0 aromatic rings. The van der Waals surface area contributed by atoms with Gasteiger partial charge in [0.25, 0.3) is 0 Å². The second kappa shape index (κ2) is 4.63. The molecule has 0 spiro atoms. The van der Waals surface area contributed by atoms with Crippen molar-refractivity contribution in [1.29, 1.82) is 0 Å². The molecule has 2 aliphatic rings. The van der Waals surface area contributed by atoms with Crippen LogP contribution in [-0.2, 0) is 4.79 Å². The van der Waals surface area contributed by atoms with Gasteiger partial charge in [0.2, 0.25) is 5.91 Å². The highest BCUT2D eigenvalue weighted by atomic mass is 16.2. The number of hydrogen-bond donors (Lipinski definition) is 0. The second-order valence-corrected chi connectivity index (χ2v) is 5.60. The molecule has 0 unspecified atom stereocenters. The molecule has 94 valence electrons. The standard InChI is InChI=1S/C14H22N2O/c1-9-7-10(2)14(11(3)8-9)13-5-6-15-16(13)12(4)17/h6-7,10-11,13-14H,5,8H2,1-4H3/t10-,11+,13-,14-/m0/s1. The minimum atomic E-state index is 0.0643. The van der Waals surface area contributed by atoms with Gasteiger partial charge >= 0.3 is 0 Å². The first-order chi connectivity index (χ1) is 8.00. The van der Waals surface area contributed by atoms with Crippen LogP contribution in [0.5, 0.6) is 0 Å². The summed E-state index contributed by atoms with van der Waals surface area (Å²) in [5.41, 5.74) is 1.48. The summed E-state index contributed by atoms with van der Waals surface area (Å²) in [7, 11) is 0.